The Kier molecular flexibility index (Phi) is 5.71. The number of carbonyl (C=O) groups is 1. The number of aromatic nitrogens is 2. The summed E-state index contributed by atoms with van der Waals surface area (Å²) in [4.78, 5) is 20.6. The maximum absolute atomic E-state index is 11.6. The Balaban J connectivity index is 2.02. The first kappa shape index (κ1) is 18.4. The van der Waals surface area contributed by atoms with Crippen LogP contribution in [0.4, 0.5) is 0 Å². The van der Waals surface area contributed by atoms with E-state index in [9.17, 15) is 4.79 Å². The van der Waals surface area contributed by atoms with E-state index in [1.165, 1.54) is 0 Å². The molecule has 0 saturated carbocycles. The zero-order valence-electron chi connectivity index (χ0n) is 15.4. The van der Waals surface area contributed by atoms with Crippen LogP contribution in [0.25, 0.3) is 22.2 Å². The second-order valence-corrected chi connectivity index (χ2v) is 5.55. The number of carbonyl (C=O) groups excluding carboxylic acids is 1. The molecule has 0 fully saturated rings. The number of pyridine rings is 2. The molecule has 0 N–H and O–H groups in total. The lowest BCUT2D eigenvalue weighted by Gasteiger charge is -2.12. The predicted octanol–water partition coefficient (Wildman–Crippen LogP) is 3.26. The van der Waals surface area contributed by atoms with Crippen LogP contribution in [0.3, 0.4) is 0 Å². The summed E-state index contributed by atoms with van der Waals surface area (Å²) in [7, 11) is 3.15. The molecule has 3 rings (SSSR count). The summed E-state index contributed by atoms with van der Waals surface area (Å²) >= 11 is 0. The fraction of sp³-hybridized carbons (Fsp3) is 0.250. The zero-order chi connectivity index (χ0) is 19.2. The number of fused-ring (bicyclic) bond motifs is 1. The van der Waals surface area contributed by atoms with Gasteiger partial charge in [0.05, 0.1) is 37.4 Å². The molecule has 1 aromatic carbocycles. The average molecular weight is 368 g/mol. The first-order chi connectivity index (χ1) is 13.2. The summed E-state index contributed by atoms with van der Waals surface area (Å²) in [6.45, 7) is 1.82. The zero-order valence-corrected chi connectivity index (χ0v) is 15.4. The standard InChI is InChI=1S/C20H20N2O5/c1-4-26-19(23)12-27-20-14-6-5-9-21-16(14)11-15(22-20)13-7-8-17(24-2)18(10-13)25-3/h5-11H,4,12H2,1-3H3. The number of rotatable bonds is 7. The van der Waals surface area contributed by atoms with Crippen LogP contribution in [0.15, 0.2) is 42.6 Å². The molecule has 0 radical (unpaired) electrons. The molecule has 0 aliphatic heterocycles. The second-order valence-electron chi connectivity index (χ2n) is 5.55. The van der Waals surface area contributed by atoms with Gasteiger partial charge in [-0.25, -0.2) is 9.78 Å². The lowest BCUT2D eigenvalue weighted by molar-refractivity contribution is -0.145. The summed E-state index contributed by atoms with van der Waals surface area (Å²) in [6, 6.07) is 11.0. The van der Waals surface area contributed by atoms with Crippen molar-refractivity contribution in [3.05, 3.63) is 42.6 Å². The van der Waals surface area contributed by atoms with Crippen molar-refractivity contribution in [2.24, 2.45) is 0 Å². The first-order valence-corrected chi connectivity index (χ1v) is 8.42. The van der Waals surface area contributed by atoms with E-state index in [1.54, 1.807) is 39.5 Å². The summed E-state index contributed by atoms with van der Waals surface area (Å²) in [5.41, 5.74) is 2.15. The molecule has 0 atom stereocenters. The van der Waals surface area contributed by atoms with Gasteiger partial charge in [-0.1, -0.05) is 0 Å². The largest absolute Gasteiger partial charge is 0.493 e. The second kappa shape index (κ2) is 8.35. The van der Waals surface area contributed by atoms with Crippen molar-refractivity contribution in [3.8, 4) is 28.6 Å². The van der Waals surface area contributed by atoms with E-state index in [2.05, 4.69) is 9.97 Å². The van der Waals surface area contributed by atoms with E-state index >= 15 is 0 Å². The third kappa shape index (κ3) is 4.08. The highest BCUT2D eigenvalue weighted by Crippen LogP contribution is 2.34. The lowest BCUT2D eigenvalue weighted by Crippen LogP contribution is -2.15. The number of esters is 1. The quantitative estimate of drug-likeness (QED) is 0.592. The van der Waals surface area contributed by atoms with Gasteiger partial charge in [0.15, 0.2) is 18.1 Å². The van der Waals surface area contributed by atoms with Gasteiger partial charge in [0.1, 0.15) is 0 Å². The molecule has 140 valence electrons. The predicted molar refractivity (Wildman–Crippen MR) is 100 cm³/mol. The Morgan fingerprint density at radius 3 is 2.63 bits per heavy atom. The number of hydrogen-bond donors (Lipinski definition) is 0. The minimum atomic E-state index is -0.451. The molecule has 0 saturated heterocycles. The molecule has 0 bridgehead atoms. The number of benzene rings is 1. The van der Waals surface area contributed by atoms with E-state index < -0.39 is 5.97 Å². The molecule has 2 aromatic heterocycles. The van der Waals surface area contributed by atoms with Gasteiger partial charge < -0.3 is 18.9 Å². The highest BCUT2D eigenvalue weighted by molar-refractivity contribution is 5.87. The molecular formula is C20H20N2O5. The third-order valence-corrected chi connectivity index (χ3v) is 3.88. The Labute approximate surface area is 156 Å². The van der Waals surface area contributed by atoms with Crippen LogP contribution in [0.2, 0.25) is 0 Å². The number of ether oxygens (including phenoxy) is 4. The van der Waals surface area contributed by atoms with Gasteiger partial charge in [-0.2, -0.15) is 0 Å². The number of hydrogen-bond acceptors (Lipinski definition) is 7. The Bertz CT molecular complexity index is 958. The minimum Gasteiger partial charge on any atom is -0.493 e. The fourth-order valence-corrected chi connectivity index (χ4v) is 2.63. The van der Waals surface area contributed by atoms with Crippen molar-refractivity contribution in [2.75, 3.05) is 27.4 Å². The number of nitrogens with zero attached hydrogens (tertiary/aromatic N) is 2. The van der Waals surface area contributed by atoms with Gasteiger partial charge in [0.2, 0.25) is 5.88 Å². The lowest BCUT2D eigenvalue weighted by atomic mass is 10.1. The SMILES string of the molecule is CCOC(=O)COc1nc(-c2ccc(OC)c(OC)c2)cc2ncccc12. The first-order valence-electron chi connectivity index (χ1n) is 8.42. The van der Waals surface area contributed by atoms with Crippen molar-refractivity contribution in [2.45, 2.75) is 6.92 Å². The van der Waals surface area contributed by atoms with Crippen molar-refractivity contribution in [3.63, 3.8) is 0 Å². The van der Waals surface area contributed by atoms with Crippen LogP contribution in [-0.4, -0.2) is 43.4 Å². The van der Waals surface area contributed by atoms with Gasteiger partial charge in [-0.3, -0.25) is 4.98 Å². The van der Waals surface area contributed by atoms with Crippen molar-refractivity contribution in [1.82, 2.24) is 9.97 Å². The van der Waals surface area contributed by atoms with Crippen LogP contribution in [0, 0.1) is 0 Å². The molecule has 7 heteroatoms. The molecule has 0 amide bonds. The van der Waals surface area contributed by atoms with E-state index in [4.69, 9.17) is 18.9 Å². The Hall–Kier alpha value is -3.35. The van der Waals surface area contributed by atoms with E-state index in [0.717, 1.165) is 5.56 Å². The number of methoxy groups -OCH3 is 2. The molecule has 3 aromatic rings. The highest BCUT2D eigenvalue weighted by atomic mass is 16.6. The maximum atomic E-state index is 11.6. The van der Waals surface area contributed by atoms with Crippen LogP contribution >= 0.6 is 0 Å². The van der Waals surface area contributed by atoms with Gasteiger partial charge in [-0.05, 0) is 43.3 Å². The van der Waals surface area contributed by atoms with Crippen LogP contribution in [0.5, 0.6) is 17.4 Å². The smallest absolute Gasteiger partial charge is 0.344 e. The van der Waals surface area contributed by atoms with Gasteiger partial charge in [0.25, 0.3) is 0 Å². The van der Waals surface area contributed by atoms with Gasteiger partial charge in [0, 0.05) is 11.8 Å². The van der Waals surface area contributed by atoms with Crippen molar-refractivity contribution in [1.29, 1.82) is 0 Å². The monoisotopic (exact) mass is 368 g/mol. The fourth-order valence-electron chi connectivity index (χ4n) is 2.63. The third-order valence-electron chi connectivity index (χ3n) is 3.88. The Morgan fingerprint density at radius 2 is 1.89 bits per heavy atom. The molecule has 2 heterocycles. The maximum Gasteiger partial charge on any atom is 0.344 e. The minimum absolute atomic E-state index is 0.222. The van der Waals surface area contributed by atoms with Gasteiger partial charge >= 0.3 is 5.97 Å². The summed E-state index contributed by atoms with van der Waals surface area (Å²) in [5, 5.41) is 0.714. The van der Waals surface area contributed by atoms with Crippen LogP contribution < -0.4 is 14.2 Å². The summed E-state index contributed by atoms with van der Waals surface area (Å²) < 4.78 is 21.2. The topological polar surface area (TPSA) is 79.8 Å². The molecular weight excluding hydrogens is 348 g/mol. The van der Waals surface area contributed by atoms with Crippen molar-refractivity contribution >= 4 is 16.9 Å². The van der Waals surface area contributed by atoms with Crippen LogP contribution in [-0.2, 0) is 9.53 Å². The van der Waals surface area contributed by atoms with E-state index in [1.807, 2.05) is 24.3 Å². The van der Waals surface area contributed by atoms with Crippen molar-refractivity contribution < 1.29 is 23.7 Å². The van der Waals surface area contributed by atoms with E-state index in [-0.39, 0.29) is 6.61 Å². The van der Waals surface area contributed by atoms with Gasteiger partial charge in [-0.15, -0.1) is 0 Å². The molecule has 27 heavy (non-hydrogen) atoms. The average Bonchev–Trinajstić information content (AvgIpc) is 2.71. The molecule has 0 unspecified atom stereocenters. The molecule has 0 aliphatic carbocycles. The van der Waals surface area contributed by atoms with E-state index in [0.29, 0.717) is 40.6 Å². The summed E-state index contributed by atoms with van der Waals surface area (Å²) in [5.74, 6) is 1.08. The van der Waals surface area contributed by atoms with Crippen LogP contribution in [0.1, 0.15) is 6.92 Å². The molecule has 0 aliphatic rings. The summed E-state index contributed by atoms with van der Waals surface area (Å²) in [6.07, 6.45) is 1.69. The highest BCUT2D eigenvalue weighted by Gasteiger charge is 2.13. The Morgan fingerprint density at radius 1 is 1.07 bits per heavy atom. The normalized spacial score (nSPS) is 10.5. The molecule has 0 spiro atoms. The molecule has 7 nitrogen and oxygen atoms in total.